The fraction of sp³-hybridized carbons (Fsp3) is 0.333. The van der Waals surface area contributed by atoms with Crippen LogP contribution in [0.3, 0.4) is 0 Å². The molecule has 1 aromatic heterocycles. The lowest BCUT2D eigenvalue weighted by molar-refractivity contribution is -0.0452. The molecule has 3 nitrogen and oxygen atoms in total. The first kappa shape index (κ1) is 33.8. The first-order valence-electron chi connectivity index (χ1n) is 21.6. The number of nitrogens with zero attached hydrogens (tertiary/aromatic N) is 1. The fourth-order valence-electron chi connectivity index (χ4n) is 13.1. The highest BCUT2D eigenvalue weighted by Gasteiger charge is 2.61. The second-order valence-electron chi connectivity index (χ2n) is 19.6. The van der Waals surface area contributed by atoms with Crippen molar-refractivity contribution >= 4 is 39.0 Å². The lowest BCUT2D eigenvalue weighted by Gasteiger charge is -2.63. The second-order valence-corrected chi connectivity index (χ2v) is 19.6. The van der Waals surface area contributed by atoms with Crippen molar-refractivity contribution in [3.63, 3.8) is 0 Å². The molecule has 5 aliphatic carbocycles. The van der Waals surface area contributed by atoms with Crippen molar-refractivity contribution in [2.75, 3.05) is 4.90 Å². The number of hydrogen-bond donors (Lipinski definition) is 0. The Kier molecular flexibility index (Phi) is 7.05. The van der Waals surface area contributed by atoms with E-state index in [9.17, 15) is 0 Å². The van der Waals surface area contributed by atoms with Gasteiger partial charge in [-0.25, -0.2) is 0 Å². The third-order valence-corrected chi connectivity index (χ3v) is 15.5. The average Bonchev–Trinajstić information content (AvgIpc) is 3.59. The molecule has 0 unspecified atom stereocenters. The third-order valence-electron chi connectivity index (χ3n) is 15.5. The van der Waals surface area contributed by atoms with Crippen molar-refractivity contribution in [3.8, 4) is 22.6 Å². The van der Waals surface area contributed by atoms with Crippen LogP contribution >= 0.6 is 0 Å². The van der Waals surface area contributed by atoms with Crippen molar-refractivity contribution in [2.45, 2.75) is 88.9 Å². The summed E-state index contributed by atoms with van der Waals surface area (Å²) in [5.74, 6) is 5.29. The van der Waals surface area contributed by atoms with Crippen LogP contribution in [0.15, 0.2) is 132 Å². The highest BCUT2D eigenvalue weighted by Crippen LogP contribution is 2.69. The molecule has 0 atom stereocenters. The summed E-state index contributed by atoms with van der Waals surface area (Å²) >= 11 is 0. The molecule has 0 amide bonds. The van der Waals surface area contributed by atoms with E-state index < -0.39 is 0 Å². The Balaban J connectivity index is 0.997. The molecule has 4 saturated carbocycles. The molecule has 7 aromatic rings. The van der Waals surface area contributed by atoms with Gasteiger partial charge in [-0.15, -0.1) is 0 Å². The fourth-order valence-corrected chi connectivity index (χ4v) is 13.1. The van der Waals surface area contributed by atoms with Crippen LogP contribution < -0.4 is 9.64 Å². The van der Waals surface area contributed by atoms with E-state index in [-0.39, 0.29) is 16.2 Å². The van der Waals surface area contributed by atoms with Crippen LogP contribution in [0.1, 0.15) is 94.9 Å². The van der Waals surface area contributed by atoms with Crippen molar-refractivity contribution < 1.29 is 9.15 Å². The van der Waals surface area contributed by atoms with Crippen LogP contribution in [-0.4, -0.2) is 0 Å². The zero-order chi connectivity index (χ0) is 38.3. The van der Waals surface area contributed by atoms with Gasteiger partial charge in [-0.05, 0) is 156 Å². The van der Waals surface area contributed by atoms with Gasteiger partial charge in [0.25, 0.3) is 0 Å². The molecule has 3 heteroatoms. The summed E-state index contributed by atoms with van der Waals surface area (Å²) in [6, 6.07) is 47.6. The maximum atomic E-state index is 6.76. The van der Waals surface area contributed by atoms with Gasteiger partial charge in [-0.3, -0.25) is 0 Å². The molecule has 0 saturated heterocycles. The Morgan fingerprint density at radius 1 is 0.509 bits per heavy atom. The van der Waals surface area contributed by atoms with Crippen LogP contribution in [0.25, 0.3) is 33.1 Å². The molecule has 57 heavy (non-hydrogen) atoms. The van der Waals surface area contributed by atoms with Gasteiger partial charge in [0.1, 0.15) is 22.7 Å². The molecule has 6 aromatic carbocycles. The van der Waals surface area contributed by atoms with E-state index >= 15 is 0 Å². The Hall–Kier alpha value is -5.28. The van der Waals surface area contributed by atoms with Crippen molar-refractivity contribution in [1.29, 1.82) is 0 Å². The Labute approximate surface area is 336 Å². The first-order valence-corrected chi connectivity index (χ1v) is 21.6. The predicted molar refractivity (Wildman–Crippen MR) is 233 cm³/mol. The molecule has 13 rings (SSSR count). The van der Waals surface area contributed by atoms with Crippen molar-refractivity contribution in [1.82, 2.24) is 0 Å². The highest BCUT2D eigenvalue weighted by molar-refractivity contribution is 6.06. The van der Waals surface area contributed by atoms with Crippen LogP contribution in [0.4, 0.5) is 17.1 Å². The van der Waals surface area contributed by atoms with E-state index in [4.69, 9.17) is 9.15 Å². The number of para-hydroxylation sites is 2. The van der Waals surface area contributed by atoms with Gasteiger partial charge in [0.05, 0.1) is 5.69 Å². The molecule has 4 bridgehead atoms. The SMILES string of the molecule is CC1(C)CCC(C)(C)c2c(N(c3ccc(-c4ccc5c(c4)C4(c6ccccc6O5)C5CC6CC(C5)CC4C6)cc3)c3ccc4c(c3)oc3ccccc34)cccc21. The van der Waals surface area contributed by atoms with Gasteiger partial charge in [0.15, 0.2) is 0 Å². The number of anilines is 3. The molecule has 1 spiro atoms. The summed E-state index contributed by atoms with van der Waals surface area (Å²) in [5.41, 5.74) is 13.8. The van der Waals surface area contributed by atoms with E-state index in [1.54, 1.807) is 0 Å². The normalized spacial score (nSPS) is 25.9. The number of fused-ring (bicyclic) bond motifs is 6. The van der Waals surface area contributed by atoms with E-state index in [1.807, 2.05) is 0 Å². The quantitative estimate of drug-likeness (QED) is 0.179. The minimum Gasteiger partial charge on any atom is -0.457 e. The topological polar surface area (TPSA) is 25.6 Å². The lowest BCUT2D eigenvalue weighted by Crippen LogP contribution is -2.56. The third kappa shape index (κ3) is 4.84. The smallest absolute Gasteiger partial charge is 0.137 e. The van der Waals surface area contributed by atoms with E-state index in [0.29, 0.717) is 11.8 Å². The number of rotatable bonds is 4. The molecule has 2 heterocycles. The Morgan fingerprint density at radius 2 is 1.16 bits per heavy atom. The average molecular weight is 746 g/mol. The number of hydrogen-bond acceptors (Lipinski definition) is 3. The molecule has 0 N–H and O–H groups in total. The monoisotopic (exact) mass is 745 g/mol. The summed E-state index contributed by atoms with van der Waals surface area (Å²) in [6.07, 6.45) is 9.19. The summed E-state index contributed by atoms with van der Waals surface area (Å²) in [4.78, 5) is 2.49. The molecule has 6 aliphatic rings. The van der Waals surface area contributed by atoms with Crippen LogP contribution in [0.5, 0.6) is 11.5 Å². The summed E-state index contributed by atoms with van der Waals surface area (Å²) in [7, 11) is 0. The molecule has 4 fully saturated rings. The summed E-state index contributed by atoms with van der Waals surface area (Å²) in [6.45, 7) is 9.70. The molecular formula is C54H51NO2. The maximum Gasteiger partial charge on any atom is 0.137 e. The number of benzene rings is 6. The van der Waals surface area contributed by atoms with E-state index in [1.165, 1.54) is 77.6 Å². The standard InChI is InChI=1S/C54H51NO2/c1-52(2)24-25-53(3,4)51-44(52)12-9-13-46(51)55(40-21-22-42-41-10-5-7-14-47(41)56-50(42)32-40)39-19-16-35(17-20-39)36-18-23-49-45(31-36)54(43-11-6-8-15-48(43)57-49)37-27-33-26-34(29-37)30-38(54)28-33/h5-23,31-34,37-38H,24-30H2,1-4H3. The van der Waals surface area contributed by atoms with Crippen LogP contribution in [0, 0.1) is 23.7 Å². The maximum absolute atomic E-state index is 6.76. The zero-order valence-electron chi connectivity index (χ0n) is 33.6. The molecule has 1 aliphatic heterocycles. The van der Waals surface area contributed by atoms with E-state index in [2.05, 4.69) is 160 Å². The van der Waals surface area contributed by atoms with Crippen LogP contribution in [0.2, 0.25) is 0 Å². The summed E-state index contributed by atoms with van der Waals surface area (Å²) < 4.78 is 13.3. The van der Waals surface area contributed by atoms with Gasteiger partial charge >= 0.3 is 0 Å². The van der Waals surface area contributed by atoms with Gasteiger partial charge in [-0.1, -0.05) is 94.4 Å². The zero-order valence-corrected chi connectivity index (χ0v) is 33.6. The minimum absolute atomic E-state index is 0.0286. The minimum atomic E-state index is 0.0286. The first-order chi connectivity index (χ1) is 27.7. The van der Waals surface area contributed by atoms with E-state index in [0.717, 1.165) is 63.1 Å². The number of furan rings is 1. The molecule has 284 valence electrons. The predicted octanol–water partition coefficient (Wildman–Crippen LogP) is 14.9. The largest absolute Gasteiger partial charge is 0.457 e. The molecular weight excluding hydrogens is 695 g/mol. The van der Waals surface area contributed by atoms with Gasteiger partial charge in [0, 0.05) is 44.8 Å². The van der Waals surface area contributed by atoms with Gasteiger partial charge in [0.2, 0.25) is 0 Å². The lowest BCUT2D eigenvalue weighted by atomic mass is 9.41. The molecule has 0 radical (unpaired) electrons. The Morgan fingerprint density at radius 3 is 1.96 bits per heavy atom. The second kappa shape index (κ2) is 11.9. The van der Waals surface area contributed by atoms with Crippen molar-refractivity contribution in [2.24, 2.45) is 23.7 Å². The van der Waals surface area contributed by atoms with Crippen LogP contribution in [-0.2, 0) is 16.2 Å². The van der Waals surface area contributed by atoms with Gasteiger partial charge < -0.3 is 14.1 Å². The summed E-state index contributed by atoms with van der Waals surface area (Å²) in [5, 5.41) is 2.31. The highest BCUT2D eigenvalue weighted by atomic mass is 16.5. The van der Waals surface area contributed by atoms with Crippen molar-refractivity contribution in [3.05, 3.63) is 150 Å². The Bertz CT molecular complexity index is 2720. The number of ether oxygens (including phenoxy) is 1. The van der Waals surface area contributed by atoms with Gasteiger partial charge in [-0.2, -0.15) is 0 Å².